The molecule has 0 spiro atoms. The minimum atomic E-state index is -0.263. The molecule has 0 aliphatic carbocycles. The maximum Gasteiger partial charge on any atom is 0.139 e. The van der Waals surface area contributed by atoms with E-state index in [1.165, 1.54) is 0 Å². The van der Waals surface area contributed by atoms with Crippen molar-refractivity contribution >= 4 is 0 Å². The lowest BCUT2D eigenvalue weighted by Gasteiger charge is -2.01. The summed E-state index contributed by atoms with van der Waals surface area (Å²) < 4.78 is 19.6. The van der Waals surface area contributed by atoms with Crippen molar-refractivity contribution in [3.05, 3.63) is 100 Å². The standard InChI is InChI=1S/C27H23FO/c1-3-5-24-13-17-25(27(28)20-24)16-12-22-9-6-21(7-10-22)8-11-23-14-18-26(19-15-23)29-4-2/h6-7,9-10,13-15,17-20H,3-5H2,1-2H3. The summed E-state index contributed by atoms with van der Waals surface area (Å²) >= 11 is 0. The van der Waals surface area contributed by atoms with E-state index in [1.807, 2.05) is 61.5 Å². The van der Waals surface area contributed by atoms with Crippen LogP contribution in [0.5, 0.6) is 5.75 Å². The van der Waals surface area contributed by atoms with Gasteiger partial charge in [-0.3, -0.25) is 0 Å². The lowest BCUT2D eigenvalue weighted by atomic mass is 10.1. The smallest absolute Gasteiger partial charge is 0.139 e. The van der Waals surface area contributed by atoms with Gasteiger partial charge in [-0.2, -0.15) is 0 Å². The van der Waals surface area contributed by atoms with Crippen LogP contribution in [-0.2, 0) is 6.42 Å². The molecule has 0 radical (unpaired) electrons. The van der Waals surface area contributed by atoms with Gasteiger partial charge in [0.15, 0.2) is 0 Å². The van der Waals surface area contributed by atoms with Crippen LogP contribution in [0.15, 0.2) is 66.7 Å². The molecule has 0 heterocycles. The Hall–Kier alpha value is -3.49. The van der Waals surface area contributed by atoms with E-state index in [0.29, 0.717) is 12.2 Å². The van der Waals surface area contributed by atoms with Crippen LogP contribution >= 0.6 is 0 Å². The van der Waals surface area contributed by atoms with Crippen LogP contribution in [0.2, 0.25) is 0 Å². The second-order valence-corrected chi connectivity index (χ2v) is 6.60. The van der Waals surface area contributed by atoms with Gasteiger partial charge in [0.25, 0.3) is 0 Å². The van der Waals surface area contributed by atoms with Gasteiger partial charge in [-0.05, 0) is 79.6 Å². The van der Waals surface area contributed by atoms with Crippen LogP contribution in [0.3, 0.4) is 0 Å². The van der Waals surface area contributed by atoms with Crippen LogP contribution in [-0.4, -0.2) is 6.61 Å². The van der Waals surface area contributed by atoms with E-state index in [9.17, 15) is 4.39 Å². The second-order valence-electron chi connectivity index (χ2n) is 6.60. The average molecular weight is 382 g/mol. The molecule has 0 bridgehead atoms. The zero-order valence-electron chi connectivity index (χ0n) is 16.8. The first kappa shape index (κ1) is 20.2. The third kappa shape index (κ3) is 6.00. The van der Waals surface area contributed by atoms with Gasteiger partial charge < -0.3 is 4.74 Å². The Morgan fingerprint density at radius 2 is 1.28 bits per heavy atom. The van der Waals surface area contributed by atoms with Crippen LogP contribution in [0.25, 0.3) is 0 Å². The first-order chi connectivity index (χ1) is 14.2. The summed E-state index contributed by atoms with van der Waals surface area (Å²) in [4.78, 5) is 0. The van der Waals surface area contributed by atoms with Crippen LogP contribution < -0.4 is 4.74 Å². The fourth-order valence-electron chi connectivity index (χ4n) is 2.83. The molecule has 0 saturated carbocycles. The number of hydrogen-bond donors (Lipinski definition) is 0. The molecule has 2 heteroatoms. The molecule has 0 atom stereocenters. The topological polar surface area (TPSA) is 9.23 Å². The van der Waals surface area contributed by atoms with E-state index >= 15 is 0 Å². The molecule has 0 aliphatic heterocycles. The van der Waals surface area contributed by atoms with E-state index < -0.39 is 0 Å². The van der Waals surface area contributed by atoms with E-state index in [2.05, 4.69) is 30.6 Å². The molecule has 3 aromatic carbocycles. The van der Waals surface area contributed by atoms with Crippen molar-refractivity contribution in [2.24, 2.45) is 0 Å². The van der Waals surface area contributed by atoms with Crippen molar-refractivity contribution in [2.75, 3.05) is 6.61 Å². The maximum atomic E-state index is 14.1. The van der Waals surface area contributed by atoms with Crippen molar-refractivity contribution in [1.29, 1.82) is 0 Å². The number of benzene rings is 3. The predicted octanol–water partition coefficient (Wildman–Crippen LogP) is 5.98. The summed E-state index contributed by atoms with van der Waals surface area (Å²) in [5, 5.41) is 0. The van der Waals surface area contributed by atoms with Gasteiger partial charge >= 0.3 is 0 Å². The summed E-state index contributed by atoms with van der Waals surface area (Å²) in [5.74, 6) is 12.8. The molecule has 3 rings (SSSR count). The Balaban J connectivity index is 1.68. The number of ether oxygens (including phenoxy) is 1. The first-order valence-electron chi connectivity index (χ1n) is 9.83. The van der Waals surface area contributed by atoms with Gasteiger partial charge in [-0.25, -0.2) is 4.39 Å². The lowest BCUT2D eigenvalue weighted by molar-refractivity contribution is 0.340. The number of halogens is 1. The molecule has 1 nitrogen and oxygen atoms in total. The Morgan fingerprint density at radius 3 is 1.79 bits per heavy atom. The fraction of sp³-hybridized carbons (Fsp3) is 0.185. The summed E-state index contributed by atoms with van der Waals surface area (Å²) in [6, 6.07) is 20.6. The molecule has 0 amide bonds. The summed E-state index contributed by atoms with van der Waals surface area (Å²) in [7, 11) is 0. The van der Waals surface area contributed by atoms with E-state index in [-0.39, 0.29) is 5.82 Å². The quantitative estimate of drug-likeness (QED) is 0.505. The highest BCUT2D eigenvalue weighted by Crippen LogP contribution is 2.13. The minimum Gasteiger partial charge on any atom is -0.494 e. The highest BCUT2D eigenvalue weighted by Gasteiger charge is 2.00. The molecule has 0 saturated heterocycles. The van der Waals surface area contributed by atoms with Gasteiger partial charge in [-0.15, -0.1) is 0 Å². The van der Waals surface area contributed by atoms with Crippen molar-refractivity contribution in [1.82, 2.24) is 0 Å². The predicted molar refractivity (Wildman–Crippen MR) is 116 cm³/mol. The fourth-order valence-corrected chi connectivity index (χ4v) is 2.83. The molecule has 0 aromatic heterocycles. The Kier molecular flexibility index (Phi) is 7.10. The van der Waals surface area contributed by atoms with E-state index in [1.54, 1.807) is 12.1 Å². The zero-order chi connectivity index (χ0) is 20.5. The van der Waals surface area contributed by atoms with Crippen molar-refractivity contribution in [3.63, 3.8) is 0 Å². The molecule has 0 N–H and O–H groups in total. The van der Waals surface area contributed by atoms with Gasteiger partial charge in [0, 0.05) is 16.7 Å². The second kappa shape index (κ2) is 10.2. The molecular formula is C27H23FO. The highest BCUT2D eigenvalue weighted by molar-refractivity contribution is 5.48. The Labute approximate surface area is 172 Å². The summed E-state index contributed by atoms with van der Waals surface area (Å²) in [6.45, 7) is 4.69. The molecule has 0 fully saturated rings. The molecule has 0 unspecified atom stereocenters. The van der Waals surface area contributed by atoms with E-state index in [4.69, 9.17) is 4.74 Å². The molecule has 29 heavy (non-hydrogen) atoms. The number of rotatable bonds is 4. The lowest BCUT2D eigenvalue weighted by Crippen LogP contribution is -1.90. The zero-order valence-corrected chi connectivity index (χ0v) is 16.8. The van der Waals surface area contributed by atoms with Crippen LogP contribution in [0.4, 0.5) is 4.39 Å². The van der Waals surface area contributed by atoms with Crippen molar-refractivity contribution in [3.8, 4) is 29.4 Å². The monoisotopic (exact) mass is 382 g/mol. The first-order valence-corrected chi connectivity index (χ1v) is 9.83. The van der Waals surface area contributed by atoms with Crippen molar-refractivity contribution in [2.45, 2.75) is 26.7 Å². The Bertz CT molecular complexity index is 1070. The minimum absolute atomic E-state index is 0.263. The molecule has 144 valence electrons. The molecular weight excluding hydrogens is 359 g/mol. The van der Waals surface area contributed by atoms with Gasteiger partial charge in [0.05, 0.1) is 12.2 Å². The van der Waals surface area contributed by atoms with Crippen molar-refractivity contribution < 1.29 is 9.13 Å². The number of hydrogen-bond acceptors (Lipinski definition) is 1. The van der Waals surface area contributed by atoms with Crippen LogP contribution in [0.1, 0.15) is 48.1 Å². The van der Waals surface area contributed by atoms with Gasteiger partial charge in [-0.1, -0.05) is 43.1 Å². The molecule has 0 aliphatic rings. The maximum absolute atomic E-state index is 14.1. The van der Waals surface area contributed by atoms with Crippen LogP contribution in [0, 0.1) is 29.5 Å². The van der Waals surface area contributed by atoms with E-state index in [0.717, 1.165) is 40.8 Å². The third-order valence-corrected chi connectivity index (χ3v) is 4.32. The average Bonchev–Trinajstić information content (AvgIpc) is 2.74. The molecule has 3 aromatic rings. The Morgan fingerprint density at radius 1 is 0.724 bits per heavy atom. The third-order valence-electron chi connectivity index (χ3n) is 4.32. The largest absolute Gasteiger partial charge is 0.494 e. The highest BCUT2D eigenvalue weighted by atomic mass is 19.1. The van der Waals surface area contributed by atoms with Gasteiger partial charge in [0.1, 0.15) is 11.6 Å². The number of aryl methyl sites for hydroxylation is 1. The SMILES string of the molecule is CCCc1ccc(C#Cc2ccc(C#Cc3ccc(OCC)cc3)cc2)c(F)c1. The summed E-state index contributed by atoms with van der Waals surface area (Å²) in [5.41, 5.74) is 4.09. The normalized spacial score (nSPS) is 9.76. The summed E-state index contributed by atoms with van der Waals surface area (Å²) in [6.07, 6.45) is 1.88. The van der Waals surface area contributed by atoms with Gasteiger partial charge in [0.2, 0.25) is 0 Å².